The van der Waals surface area contributed by atoms with Crippen LogP contribution in [0.25, 0.3) is 0 Å². The van der Waals surface area contributed by atoms with Crippen LogP contribution in [0.15, 0.2) is 60.3 Å². The number of aromatic nitrogens is 1. The number of hydrogen-bond donors (Lipinski definition) is 1. The number of anilines is 1. The molecule has 0 unspecified atom stereocenters. The molecule has 116 valence electrons. The standard InChI is InChI=1S/C17H15N3O2S/c1-19-15(21)14(10-9-12-6-5-11-18-12)16(22)20(17(19)23)13-7-3-2-4-8-13/h2-8,10-11,18H,9H2,1H3/b14-10-. The Hall–Kier alpha value is -2.73. The Balaban J connectivity index is 1.96. The molecular weight excluding hydrogens is 310 g/mol. The molecule has 1 saturated heterocycles. The van der Waals surface area contributed by atoms with Crippen LogP contribution in [0.4, 0.5) is 5.69 Å². The van der Waals surface area contributed by atoms with Gasteiger partial charge in [-0.25, -0.2) is 0 Å². The van der Waals surface area contributed by atoms with Crippen LogP contribution in [0.2, 0.25) is 0 Å². The van der Waals surface area contributed by atoms with E-state index < -0.39 is 5.91 Å². The van der Waals surface area contributed by atoms with Crippen molar-refractivity contribution in [2.24, 2.45) is 0 Å². The molecule has 2 aromatic rings. The molecule has 0 radical (unpaired) electrons. The molecule has 5 nitrogen and oxygen atoms in total. The minimum Gasteiger partial charge on any atom is -0.365 e. The monoisotopic (exact) mass is 325 g/mol. The van der Waals surface area contributed by atoms with Gasteiger partial charge in [0, 0.05) is 25.4 Å². The second-order valence-corrected chi connectivity index (χ2v) is 5.51. The first-order chi connectivity index (χ1) is 11.1. The molecule has 0 spiro atoms. The van der Waals surface area contributed by atoms with Gasteiger partial charge >= 0.3 is 0 Å². The second-order valence-electron chi connectivity index (χ2n) is 5.14. The predicted molar refractivity (Wildman–Crippen MR) is 91.9 cm³/mol. The van der Waals surface area contributed by atoms with Gasteiger partial charge in [0.05, 0.1) is 5.69 Å². The molecule has 2 amide bonds. The third kappa shape index (κ3) is 2.80. The van der Waals surface area contributed by atoms with Gasteiger partial charge in [-0.15, -0.1) is 0 Å². The van der Waals surface area contributed by atoms with E-state index >= 15 is 0 Å². The summed E-state index contributed by atoms with van der Waals surface area (Å²) in [5, 5.41) is 0.184. The molecule has 1 aliphatic heterocycles. The lowest BCUT2D eigenvalue weighted by atomic mass is 10.1. The summed E-state index contributed by atoms with van der Waals surface area (Å²) in [6, 6.07) is 12.9. The van der Waals surface area contributed by atoms with Crippen molar-refractivity contribution in [3.8, 4) is 0 Å². The zero-order valence-corrected chi connectivity index (χ0v) is 13.3. The second kappa shape index (κ2) is 6.18. The molecule has 3 rings (SSSR count). The van der Waals surface area contributed by atoms with Crippen LogP contribution in [0.1, 0.15) is 5.69 Å². The molecule has 23 heavy (non-hydrogen) atoms. The Labute approximate surface area is 139 Å². The van der Waals surface area contributed by atoms with Gasteiger partial charge in [-0.2, -0.15) is 0 Å². The van der Waals surface area contributed by atoms with Crippen molar-refractivity contribution in [2.75, 3.05) is 11.9 Å². The number of nitrogens with zero attached hydrogens (tertiary/aromatic N) is 2. The minimum absolute atomic E-state index is 0.125. The summed E-state index contributed by atoms with van der Waals surface area (Å²) >= 11 is 5.28. The zero-order valence-electron chi connectivity index (χ0n) is 12.5. The Morgan fingerprint density at radius 1 is 1.09 bits per heavy atom. The summed E-state index contributed by atoms with van der Waals surface area (Å²) in [5.41, 5.74) is 1.70. The third-order valence-corrected chi connectivity index (χ3v) is 4.11. The number of carbonyl (C=O) groups excluding carboxylic acids is 2. The van der Waals surface area contributed by atoms with Crippen molar-refractivity contribution < 1.29 is 9.59 Å². The molecular formula is C17H15N3O2S. The number of likely N-dealkylation sites (N-methyl/N-ethyl adjacent to an activating group) is 1. The van der Waals surface area contributed by atoms with Crippen molar-refractivity contribution in [3.05, 3.63) is 66.0 Å². The van der Waals surface area contributed by atoms with E-state index in [9.17, 15) is 9.59 Å². The van der Waals surface area contributed by atoms with Crippen LogP contribution in [0.5, 0.6) is 0 Å². The summed E-state index contributed by atoms with van der Waals surface area (Å²) in [5.74, 6) is -0.769. The highest BCUT2D eigenvalue weighted by Crippen LogP contribution is 2.24. The number of benzene rings is 1. The molecule has 1 N–H and O–H groups in total. The lowest BCUT2D eigenvalue weighted by molar-refractivity contribution is -0.127. The number of H-pyrrole nitrogens is 1. The van der Waals surface area contributed by atoms with E-state index in [2.05, 4.69) is 4.98 Å². The average Bonchev–Trinajstić information content (AvgIpc) is 3.07. The summed E-state index contributed by atoms with van der Waals surface area (Å²) < 4.78 is 0. The summed E-state index contributed by atoms with van der Waals surface area (Å²) in [4.78, 5) is 30.9. The third-order valence-electron chi connectivity index (χ3n) is 3.65. The summed E-state index contributed by atoms with van der Waals surface area (Å²) in [6.07, 6.45) is 3.92. The Morgan fingerprint density at radius 3 is 2.48 bits per heavy atom. The molecule has 0 bridgehead atoms. The maximum Gasteiger partial charge on any atom is 0.269 e. The number of nitrogens with one attached hydrogen (secondary N) is 1. The van der Waals surface area contributed by atoms with Crippen LogP contribution in [-0.4, -0.2) is 33.9 Å². The van der Waals surface area contributed by atoms with Crippen molar-refractivity contribution in [2.45, 2.75) is 6.42 Å². The van der Waals surface area contributed by atoms with E-state index in [1.54, 1.807) is 31.5 Å². The molecule has 1 aromatic carbocycles. The number of hydrogen-bond acceptors (Lipinski definition) is 3. The number of para-hydroxylation sites is 1. The van der Waals surface area contributed by atoms with Crippen molar-refractivity contribution in [1.29, 1.82) is 0 Å². The van der Waals surface area contributed by atoms with E-state index in [0.717, 1.165) is 5.69 Å². The van der Waals surface area contributed by atoms with Gasteiger partial charge in [-0.05, 0) is 36.5 Å². The van der Waals surface area contributed by atoms with Gasteiger partial charge in [-0.3, -0.25) is 19.4 Å². The van der Waals surface area contributed by atoms with Crippen molar-refractivity contribution in [1.82, 2.24) is 9.88 Å². The fourth-order valence-corrected chi connectivity index (χ4v) is 2.67. The van der Waals surface area contributed by atoms with Gasteiger partial charge in [-0.1, -0.05) is 24.3 Å². The zero-order chi connectivity index (χ0) is 16.4. The number of thiocarbonyl (C=S) groups is 1. The fourth-order valence-electron chi connectivity index (χ4n) is 2.40. The van der Waals surface area contributed by atoms with Crippen LogP contribution in [0.3, 0.4) is 0 Å². The van der Waals surface area contributed by atoms with E-state index in [1.165, 1.54) is 9.80 Å². The van der Waals surface area contributed by atoms with Gasteiger partial charge in [0.15, 0.2) is 5.11 Å². The molecule has 0 saturated carbocycles. The van der Waals surface area contributed by atoms with Gasteiger partial charge in [0.2, 0.25) is 0 Å². The normalized spacial score (nSPS) is 17.3. The molecule has 1 fully saturated rings. The Bertz CT molecular complexity index is 781. The SMILES string of the molecule is CN1C(=O)/C(=C/Cc2ccc[nH]2)C(=O)N(c2ccccc2)C1=S. The van der Waals surface area contributed by atoms with E-state index in [0.29, 0.717) is 12.1 Å². The van der Waals surface area contributed by atoms with Crippen LogP contribution in [-0.2, 0) is 16.0 Å². The topological polar surface area (TPSA) is 56.4 Å². The molecule has 0 atom stereocenters. The summed E-state index contributed by atoms with van der Waals surface area (Å²) in [6.45, 7) is 0. The van der Waals surface area contributed by atoms with E-state index in [4.69, 9.17) is 12.2 Å². The lowest BCUT2D eigenvalue weighted by Crippen LogP contribution is -2.55. The molecule has 1 aromatic heterocycles. The molecule has 2 heterocycles. The minimum atomic E-state index is -0.393. The fraction of sp³-hybridized carbons (Fsp3) is 0.118. The highest BCUT2D eigenvalue weighted by atomic mass is 32.1. The molecule has 0 aliphatic carbocycles. The highest BCUT2D eigenvalue weighted by molar-refractivity contribution is 7.80. The van der Waals surface area contributed by atoms with Crippen LogP contribution < -0.4 is 4.90 Å². The number of carbonyl (C=O) groups is 2. The average molecular weight is 325 g/mol. The first-order valence-electron chi connectivity index (χ1n) is 7.13. The first-order valence-corrected chi connectivity index (χ1v) is 7.54. The highest BCUT2D eigenvalue weighted by Gasteiger charge is 2.38. The number of rotatable bonds is 3. The van der Waals surface area contributed by atoms with E-state index in [-0.39, 0.29) is 16.6 Å². The van der Waals surface area contributed by atoms with Gasteiger partial charge in [0.25, 0.3) is 11.8 Å². The van der Waals surface area contributed by atoms with Crippen molar-refractivity contribution >= 4 is 34.8 Å². The maximum absolute atomic E-state index is 12.8. The molecule has 1 aliphatic rings. The van der Waals surface area contributed by atoms with Gasteiger partial charge < -0.3 is 4.98 Å². The smallest absolute Gasteiger partial charge is 0.269 e. The Morgan fingerprint density at radius 2 is 1.83 bits per heavy atom. The number of allylic oxidation sites excluding steroid dienone is 1. The van der Waals surface area contributed by atoms with Crippen LogP contribution >= 0.6 is 12.2 Å². The number of amides is 2. The Kier molecular flexibility index (Phi) is 4.08. The lowest BCUT2D eigenvalue weighted by Gasteiger charge is -2.34. The van der Waals surface area contributed by atoms with Crippen LogP contribution in [0, 0.1) is 0 Å². The predicted octanol–water partition coefficient (Wildman–Crippen LogP) is 2.27. The molecule has 6 heteroatoms. The van der Waals surface area contributed by atoms with Gasteiger partial charge in [0.1, 0.15) is 5.57 Å². The maximum atomic E-state index is 12.8. The summed E-state index contributed by atoms with van der Waals surface area (Å²) in [7, 11) is 1.58. The first kappa shape index (κ1) is 15.2. The largest absolute Gasteiger partial charge is 0.365 e. The van der Waals surface area contributed by atoms with E-state index in [1.807, 2.05) is 30.3 Å². The van der Waals surface area contributed by atoms with Crippen molar-refractivity contribution in [3.63, 3.8) is 0 Å². The number of aromatic amines is 1. The quantitative estimate of drug-likeness (QED) is 0.535.